The Balaban J connectivity index is 0.000001000. The van der Waals surface area contributed by atoms with Crippen molar-refractivity contribution < 1.29 is 4.39 Å². The molecule has 2 N–H and O–H groups in total. The van der Waals surface area contributed by atoms with Crippen molar-refractivity contribution in [2.24, 2.45) is 5.73 Å². The Labute approximate surface area is 74.4 Å². The molecule has 1 heterocycles. The summed E-state index contributed by atoms with van der Waals surface area (Å²) in [7, 11) is 0. The van der Waals surface area contributed by atoms with Crippen molar-refractivity contribution in [2.75, 3.05) is 26.2 Å². The Kier molecular flexibility index (Phi) is 5.91. The van der Waals surface area contributed by atoms with Gasteiger partial charge in [0, 0.05) is 13.1 Å². The summed E-state index contributed by atoms with van der Waals surface area (Å²) in [5.74, 6) is 0. The topological polar surface area (TPSA) is 29.3 Å². The van der Waals surface area contributed by atoms with E-state index in [9.17, 15) is 4.39 Å². The Morgan fingerprint density at radius 2 is 2.27 bits per heavy atom. The van der Waals surface area contributed by atoms with Gasteiger partial charge in [-0.2, -0.15) is 13.5 Å². The minimum absolute atomic E-state index is 0. The van der Waals surface area contributed by atoms with Crippen LogP contribution in [0.15, 0.2) is 0 Å². The molecule has 1 rings (SSSR count). The average Bonchev–Trinajstić information content (AvgIpc) is 2.31. The van der Waals surface area contributed by atoms with Gasteiger partial charge in [-0.25, -0.2) is 4.39 Å². The van der Waals surface area contributed by atoms with E-state index in [0.29, 0.717) is 19.5 Å². The van der Waals surface area contributed by atoms with Crippen molar-refractivity contribution in [3.05, 3.63) is 0 Å². The lowest BCUT2D eigenvalue weighted by Gasteiger charge is -2.12. The molecular weight excluding hydrogens is 163 g/mol. The fourth-order valence-electron chi connectivity index (χ4n) is 1.30. The summed E-state index contributed by atoms with van der Waals surface area (Å²) in [4.78, 5) is 2.14. The number of halogens is 1. The summed E-state index contributed by atoms with van der Waals surface area (Å²) in [6, 6.07) is 0. The lowest BCUT2D eigenvalue weighted by Crippen LogP contribution is -2.23. The van der Waals surface area contributed by atoms with Crippen LogP contribution in [0.3, 0.4) is 0 Å². The quantitative estimate of drug-likeness (QED) is 0.685. The lowest BCUT2D eigenvalue weighted by atomic mass is 10.3. The van der Waals surface area contributed by atoms with E-state index < -0.39 is 6.17 Å². The van der Waals surface area contributed by atoms with E-state index >= 15 is 0 Å². The molecule has 1 aliphatic heterocycles. The minimum Gasteiger partial charge on any atom is -0.330 e. The smallest absolute Gasteiger partial charge is 0.114 e. The zero-order chi connectivity index (χ0) is 7.40. The summed E-state index contributed by atoms with van der Waals surface area (Å²) in [6.45, 7) is 3.23. The first kappa shape index (κ1) is 11.2. The lowest BCUT2D eigenvalue weighted by molar-refractivity contribution is 0.286. The number of likely N-dealkylation sites (tertiary alicyclic amines) is 1. The molecule has 0 aromatic carbocycles. The number of hydrogen-bond acceptors (Lipinski definition) is 2. The number of nitrogens with two attached hydrogens (primary N) is 1. The predicted molar refractivity (Wildman–Crippen MR) is 50.0 cm³/mol. The van der Waals surface area contributed by atoms with Gasteiger partial charge < -0.3 is 10.6 Å². The van der Waals surface area contributed by atoms with E-state index in [0.717, 1.165) is 19.5 Å². The van der Waals surface area contributed by atoms with Crippen LogP contribution < -0.4 is 5.73 Å². The molecule has 2 nitrogen and oxygen atoms in total. The van der Waals surface area contributed by atoms with Gasteiger partial charge in [0.15, 0.2) is 0 Å². The molecule has 0 aliphatic carbocycles. The van der Waals surface area contributed by atoms with Gasteiger partial charge in [0.05, 0.1) is 0 Å². The molecule has 4 heteroatoms. The Hall–Kier alpha value is 0.200. The van der Waals surface area contributed by atoms with Gasteiger partial charge >= 0.3 is 0 Å². The van der Waals surface area contributed by atoms with Crippen molar-refractivity contribution in [1.82, 2.24) is 4.90 Å². The summed E-state index contributed by atoms with van der Waals surface area (Å²) in [5, 5.41) is 0. The highest BCUT2D eigenvalue weighted by Crippen LogP contribution is 2.11. The van der Waals surface area contributed by atoms with Crippen molar-refractivity contribution in [1.29, 1.82) is 0 Å². The van der Waals surface area contributed by atoms with Crippen LogP contribution in [0.4, 0.5) is 4.39 Å². The third kappa shape index (κ3) is 3.94. The molecule has 1 atom stereocenters. The van der Waals surface area contributed by atoms with Gasteiger partial charge in [0.2, 0.25) is 0 Å². The van der Waals surface area contributed by atoms with Gasteiger partial charge in [-0.05, 0) is 25.9 Å². The molecule has 0 aromatic rings. The second kappa shape index (κ2) is 5.80. The molecule has 1 fully saturated rings. The SMILES string of the molecule is NCCCN1CC[C@H](F)C1.S. The van der Waals surface area contributed by atoms with Gasteiger partial charge in [0.1, 0.15) is 6.17 Å². The molecule has 1 saturated heterocycles. The van der Waals surface area contributed by atoms with E-state index in [1.54, 1.807) is 0 Å². The van der Waals surface area contributed by atoms with Gasteiger partial charge in [-0.3, -0.25) is 0 Å². The van der Waals surface area contributed by atoms with Crippen LogP contribution >= 0.6 is 13.5 Å². The van der Waals surface area contributed by atoms with E-state index in [1.807, 2.05) is 0 Å². The summed E-state index contributed by atoms with van der Waals surface area (Å²) in [6.07, 6.45) is 1.12. The molecule has 0 bridgehead atoms. The molecule has 0 amide bonds. The second-order valence-corrected chi connectivity index (χ2v) is 2.83. The highest BCUT2D eigenvalue weighted by Gasteiger charge is 2.20. The molecule has 0 radical (unpaired) electrons. The highest BCUT2D eigenvalue weighted by molar-refractivity contribution is 7.59. The van der Waals surface area contributed by atoms with Crippen LogP contribution in [-0.2, 0) is 0 Å². The molecule has 11 heavy (non-hydrogen) atoms. The Morgan fingerprint density at radius 1 is 1.55 bits per heavy atom. The third-order valence-corrected chi connectivity index (χ3v) is 1.89. The fraction of sp³-hybridized carbons (Fsp3) is 1.00. The Bertz CT molecular complexity index is 102. The number of rotatable bonds is 3. The highest BCUT2D eigenvalue weighted by atomic mass is 32.1. The molecular formula is C7H17FN2S. The van der Waals surface area contributed by atoms with Gasteiger partial charge in [-0.1, -0.05) is 0 Å². The zero-order valence-electron chi connectivity index (χ0n) is 6.72. The van der Waals surface area contributed by atoms with Crippen molar-refractivity contribution in [3.8, 4) is 0 Å². The van der Waals surface area contributed by atoms with E-state index in [-0.39, 0.29) is 13.5 Å². The van der Waals surface area contributed by atoms with Crippen LogP contribution in [-0.4, -0.2) is 37.3 Å². The van der Waals surface area contributed by atoms with E-state index in [4.69, 9.17) is 5.73 Å². The number of hydrogen-bond donors (Lipinski definition) is 1. The molecule has 0 unspecified atom stereocenters. The van der Waals surface area contributed by atoms with Crippen molar-refractivity contribution in [2.45, 2.75) is 19.0 Å². The largest absolute Gasteiger partial charge is 0.330 e. The van der Waals surface area contributed by atoms with E-state index in [1.165, 1.54) is 0 Å². The molecule has 0 spiro atoms. The van der Waals surface area contributed by atoms with Crippen LogP contribution in [0.2, 0.25) is 0 Å². The second-order valence-electron chi connectivity index (χ2n) is 2.83. The first-order chi connectivity index (χ1) is 4.83. The normalized spacial score (nSPS) is 25.1. The summed E-state index contributed by atoms with van der Waals surface area (Å²) >= 11 is 0. The van der Waals surface area contributed by atoms with Crippen LogP contribution in [0.1, 0.15) is 12.8 Å². The average molecular weight is 180 g/mol. The van der Waals surface area contributed by atoms with Crippen LogP contribution in [0.25, 0.3) is 0 Å². The summed E-state index contributed by atoms with van der Waals surface area (Å²) < 4.78 is 12.5. The molecule has 0 aromatic heterocycles. The maximum absolute atomic E-state index is 12.5. The third-order valence-electron chi connectivity index (χ3n) is 1.89. The predicted octanol–water partition coefficient (Wildman–Crippen LogP) is 0.492. The minimum atomic E-state index is -0.585. The summed E-state index contributed by atoms with van der Waals surface area (Å²) in [5.41, 5.74) is 5.32. The number of alkyl halides is 1. The fourth-order valence-corrected chi connectivity index (χ4v) is 1.30. The maximum Gasteiger partial charge on any atom is 0.114 e. The number of nitrogens with zero attached hydrogens (tertiary/aromatic N) is 1. The first-order valence-corrected chi connectivity index (χ1v) is 3.89. The van der Waals surface area contributed by atoms with E-state index in [2.05, 4.69) is 4.90 Å². The molecule has 68 valence electrons. The zero-order valence-corrected chi connectivity index (χ0v) is 7.72. The van der Waals surface area contributed by atoms with Gasteiger partial charge in [-0.15, -0.1) is 0 Å². The first-order valence-electron chi connectivity index (χ1n) is 3.89. The van der Waals surface area contributed by atoms with Gasteiger partial charge in [0.25, 0.3) is 0 Å². The monoisotopic (exact) mass is 180 g/mol. The molecule has 1 aliphatic rings. The van der Waals surface area contributed by atoms with Crippen LogP contribution in [0.5, 0.6) is 0 Å². The maximum atomic E-state index is 12.5. The van der Waals surface area contributed by atoms with Crippen LogP contribution in [0, 0.1) is 0 Å². The van der Waals surface area contributed by atoms with Crippen molar-refractivity contribution in [3.63, 3.8) is 0 Å². The molecule has 0 saturated carbocycles. The van der Waals surface area contributed by atoms with Crippen molar-refractivity contribution >= 4 is 13.5 Å². The standard InChI is InChI=1S/C7H15FN2.H2S/c8-7-2-5-10(6-7)4-1-3-9;/h7H,1-6,9H2;1H2/t7-;/m0./s1. The Morgan fingerprint density at radius 3 is 2.73 bits per heavy atom.